The quantitative estimate of drug-likeness (QED) is 0.748. The summed E-state index contributed by atoms with van der Waals surface area (Å²) in [6, 6.07) is -0.607. The van der Waals surface area contributed by atoms with E-state index in [1.54, 1.807) is 0 Å². The van der Waals surface area contributed by atoms with E-state index in [-0.39, 0.29) is 15.2 Å². The zero-order valence-corrected chi connectivity index (χ0v) is 12.6. The van der Waals surface area contributed by atoms with E-state index in [9.17, 15) is 18.0 Å². The van der Waals surface area contributed by atoms with E-state index in [2.05, 4.69) is 10.2 Å². The minimum Gasteiger partial charge on any atom is -0.330 e. The van der Waals surface area contributed by atoms with Gasteiger partial charge in [0.15, 0.2) is 0 Å². The minimum atomic E-state index is -3.50. The molecular weight excluding hydrogens is 292 g/mol. The fourth-order valence-corrected chi connectivity index (χ4v) is 3.21. The zero-order valence-electron chi connectivity index (χ0n) is 10.9. The lowest BCUT2D eigenvalue weighted by Crippen LogP contribution is -2.42. The maximum Gasteiger partial charge on any atom is 0.332 e. The van der Waals surface area contributed by atoms with E-state index in [1.807, 2.05) is 0 Å². The van der Waals surface area contributed by atoms with Crippen LogP contribution < -0.4 is 4.90 Å². The number of nitrogens with zero attached hydrogens (tertiary/aromatic N) is 4. The lowest BCUT2D eigenvalue weighted by molar-refractivity contribution is -0.116. The van der Waals surface area contributed by atoms with Crippen LogP contribution in [0.2, 0.25) is 0 Å². The molecule has 0 unspecified atom stereocenters. The first kappa shape index (κ1) is 15.5. The molecule has 0 bridgehead atoms. The molecular formula is C9H14N4O4S2. The molecule has 0 saturated heterocycles. The topological polar surface area (TPSA) is 101 Å². The van der Waals surface area contributed by atoms with Crippen molar-refractivity contribution in [2.24, 2.45) is 0 Å². The summed E-state index contributed by atoms with van der Waals surface area (Å²) in [6.45, 7) is 2.67. The Hall–Kier alpha value is -1.55. The van der Waals surface area contributed by atoms with Gasteiger partial charge in [-0.3, -0.25) is 4.79 Å². The molecule has 3 amide bonds. The van der Waals surface area contributed by atoms with Gasteiger partial charge in [0.25, 0.3) is 0 Å². The number of urea groups is 1. The molecule has 0 atom stereocenters. The summed E-state index contributed by atoms with van der Waals surface area (Å²) < 4.78 is 23.0. The second kappa shape index (κ2) is 5.61. The minimum absolute atomic E-state index is 0.0572. The van der Waals surface area contributed by atoms with E-state index in [4.69, 9.17) is 0 Å². The lowest BCUT2D eigenvalue weighted by Gasteiger charge is -2.19. The van der Waals surface area contributed by atoms with Crippen molar-refractivity contribution >= 4 is 38.2 Å². The molecule has 1 rings (SSSR count). The third kappa shape index (κ3) is 3.26. The summed E-state index contributed by atoms with van der Waals surface area (Å²) in [4.78, 5) is 25.3. The van der Waals surface area contributed by atoms with E-state index in [0.717, 1.165) is 4.90 Å². The van der Waals surface area contributed by atoms with Crippen molar-refractivity contribution in [3.05, 3.63) is 0 Å². The van der Waals surface area contributed by atoms with Crippen LogP contribution in [0.3, 0.4) is 0 Å². The Morgan fingerprint density at radius 2 is 1.84 bits per heavy atom. The summed E-state index contributed by atoms with van der Waals surface area (Å²) in [5.41, 5.74) is 0. The molecule has 1 heterocycles. The molecule has 0 spiro atoms. The van der Waals surface area contributed by atoms with Gasteiger partial charge in [0.1, 0.15) is 0 Å². The number of anilines is 1. The number of amides is 3. The Labute approximate surface area is 115 Å². The first-order valence-electron chi connectivity index (χ1n) is 5.29. The molecule has 1 aromatic heterocycles. The first-order chi connectivity index (χ1) is 8.70. The van der Waals surface area contributed by atoms with Gasteiger partial charge < -0.3 is 4.90 Å². The van der Waals surface area contributed by atoms with Crippen molar-refractivity contribution in [1.29, 1.82) is 0 Å². The molecule has 106 valence electrons. The molecule has 0 aliphatic carbocycles. The number of sulfone groups is 1. The van der Waals surface area contributed by atoms with Crippen LogP contribution in [0.25, 0.3) is 0 Å². The van der Waals surface area contributed by atoms with Gasteiger partial charge in [-0.1, -0.05) is 18.3 Å². The van der Waals surface area contributed by atoms with Crippen LogP contribution in [0.15, 0.2) is 4.34 Å². The SMILES string of the molecule is CCS(=O)(=O)c1nnc(N(C(C)=O)C(=O)N(C)C)s1. The molecule has 0 saturated carbocycles. The van der Waals surface area contributed by atoms with E-state index < -0.39 is 21.8 Å². The maximum atomic E-state index is 11.8. The third-order valence-corrected chi connectivity index (χ3v) is 5.21. The highest BCUT2D eigenvalue weighted by atomic mass is 32.2. The fourth-order valence-electron chi connectivity index (χ4n) is 1.09. The molecule has 0 aliphatic heterocycles. The van der Waals surface area contributed by atoms with Crippen LogP contribution in [-0.4, -0.2) is 55.3 Å². The van der Waals surface area contributed by atoms with Gasteiger partial charge in [-0.2, -0.15) is 0 Å². The van der Waals surface area contributed by atoms with Crippen LogP contribution in [0.1, 0.15) is 13.8 Å². The average molecular weight is 306 g/mol. The van der Waals surface area contributed by atoms with Gasteiger partial charge in [-0.05, 0) is 0 Å². The van der Waals surface area contributed by atoms with E-state index in [1.165, 1.54) is 32.8 Å². The smallest absolute Gasteiger partial charge is 0.330 e. The van der Waals surface area contributed by atoms with E-state index >= 15 is 0 Å². The van der Waals surface area contributed by atoms with Crippen molar-refractivity contribution in [1.82, 2.24) is 15.1 Å². The van der Waals surface area contributed by atoms with Gasteiger partial charge in [-0.15, -0.1) is 10.2 Å². The van der Waals surface area contributed by atoms with Crippen molar-refractivity contribution in [2.75, 3.05) is 24.7 Å². The Balaban J connectivity index is 3.21. The van der Waals surface area contributed by atoms with Crippen molar-refractivity contribution in [2.45, 2.75) is 18.2 Å². The highest BCUT2D eigenvalue weighted by Gasteiger charge is 2.28. The first-order valence-corrected chi connectivity index (χ1v) is 7.75. The predicted molar refractivity (Wildman–Crippen MR) is 69.9 cm³/mol. The van der Waals surface area contributed by atoms with Crippen LogP contribution in [-0.2, 0) is 14.6 Å². The van der Waals surface area contributed by atoms with Gasteiger partial charge in [-0.25, -0.2) is 18.1 Å². The molecule has 0 aromatic carbocycles. The molecule has 0 radical (unpaired) electrons. The Bertz CT molecular complexity index is 593. The Morgan fingerprint density at radius 3 is 2.26 bits per heavy atom. The summed E-state index contributed by atoms with van der Waals surface area (Å²) in [5.74, 6) is -0.682. The standard InChI is InChI=1S/C9H14N4O4S2/c1-5-19(16,17)8-11-10-7(18-8)13(6(2)14)9(15)12(3)4/h5H2,1-4H3. The monoisotopic (exact) mass is 306 g/mol. The number of imide groups is 1. The second-order valence-electron chi connectivity index (χ2n) is 3.79. The largest absolute Gasteiger partial charge is 0.332 e. The van der Waals surface area contributed by atoms with Crippen molar-refractivity contribution < 1.29 is 18.0 Å². The lowest BCUT2D eigenvalue weighted by atomic mass is 10.6. The number of aromatic nitrogens is 2. The number of carbonyl (C=O) groups is 2. The normalized spacial score (nSPS) is 11.2. The highest BCUT2D eigenvalue weighted by Crippen LogP contribution is 2.25. The summed E-state index contributed by atoms with van der Waals surface area (Å²) >= 11 is 0.694. The van der Waals surface area contributed by atoms with Crippen LogP contribution in [0.5, 0.6) is 0 Å². The molecule has 19 heavy (non-hydrogen) atoms. The number of rotatable bonds is 3. The number of hydrogen-bond acceptors (Lipinski definition) is 7. The fraction of sp³-hybridized carbons (Fsp3) is 0.556. The van der Waals surface area contributed by atoms with Crippen molar-refractivity contribution in [3.8, 4) is 0 Å². The molecule has 10 heteroatoms. The summed E-state index contributed by atoms with van der Waals surface area (Å²) in [5, 5.41) is 7.06. The summed E-state index contributed by atoms with van der Waals surface area (Å²) in [7, 11) is -0.550. The Morgan fingerprint density at radius 1 is 1.26 bits per heavy atom. The van der Waals surface area contributed by atoms with Gasteiger partial charge in [0, 0.05) is 21.0 Å². The summed E-state index contributed by atoms with van der Waals surface area (Å²) in [6.07, 6.45) is 0. The second-order valence-corrected chi connectivity index (χ2v) is 7.19. The molecule has 0 fully saturated rings. The number of carbonyl (C=O) groups excluding carboxylic acids is 2. The molecule has 8 nitrogen and oxygen atoms in total. The number of hydrogen-bond donors (Lipinski definition) is 0. The van der Waals surface area contributed by atoms with Gasteiger partial charge in [0.2, 0.25) is 25.2 Å². The van der Waals surface area contributed by atoms with E-state index in [0.29, 0.717) is 11.3 Å². The van der Waals surface area contributed by atoms with Crippen LogP contribution >= 0.6 is 11.3 Å². The molecule has 1 aromatic rings. The third-order valence-electron chi connectivity index (χ3n) is 2.12. The van der Waals surface area contributed by atoms with Crippen LogP contribution in [0, 0.1) is 0 Å². The highest BCUT2D eigenvalue weighted by molar-refractivity contribution is 7.93. The van der Waals surface area contributed by atoms with Crippen molar-refractivity contribution in [3.63, 3.8) is 0 Å². The molecule has 0 aliphatic rings. The maximum absolute atomic E-state index is 11.8. The van der Waals surface area contributed by atoms with Gasteiger partial charge in [0.05, 0.1) is 5.75 Å². The Kier molecular flexibility index (Phi) is 4.58. The predicted octanol–water partition coefficient (Wildman–Crippen LogP) is 0.366. The van der Waals surface area contributed by atoms with Crippen LogP contribution in [0.4, 0.5) is 9.93 Å². The molecule has 0 N–H and O–H groups in total. The van der Waals surface area contributed by atoms with Gasteiger partial charge >= 0.3 is 6.03 Å². The zero-order chi connectivity index (χ0) is 14.8. The average Bonchev–Trinajstić information content (AvgIpc) is 2.78.